The van der Waals surface area contributed by atoms with E-state index in [4.69, 9.17) is 4.74 Å². The van der Waals surface area contributed by atoms with Crippen LogP contribution in [-0.4, -0.2) is 38.4 Å². The highest BCUT2D eigenvalue weighted by molar-refractivity contribution is 4.76. The molecule has 3 unspecified atom stereocenters. The summed E-state index contributed by atoms with van der Waals surface area (Å²) >= 11 is 0. The van der Waals surface area contributed by atoms with E-state index in [1.807, 2.05) is 0 Å². The molecule has 1 saturated heterocycles. The summed E-state index contributed by atoms with van der Waals surface area (Å²) in [5.74, 6) is 0.940. The van der Waals surface area contributed by atoms with E-state index in [9.17, 15) is 0 Å². The van der Waals surface area contributed by atoms with Gasteiger partial charge < -0.3 is 15.4 Å². The smallest absolute Gasteiger partial charge is 0.0620 e. The first-order chi connectivity index (χ1) is 8.34. The number of ether oxygens (including phenoxy) is 1. The molecule has 1 heterocycles. The van der Waals surface area contributed by atoms with Gasteiger partial charge in [-0.1, -0.05) is 19.8 Å². The third kappa shape index (κ3) is 4.94. The van der Waals surface area contributed by atoms with E-state index in [1.54, 1.807) is 0 Å². The molecule has 0 amide bonds. The van der Waals surface area contributed by atoms with Crippen LogP contribution in [0.3, 0.4) is 0 Å². The summed E-state index contributed by atoms with van der Waals surface area (Å²) in [6.07, 6.45) is 8.18. The molecule has 17 heavy (non-hydrogen) atoms. The molecule has 2 fully saturated rings. The van der Waals surface area contributed by atoms with Crippen molar-refractivity contribution in [2.24, 2.45) is 5.92 Å². The average molecular weight is 240 g/mol. The van der Waals surface area contributed by atoms with Gasteiger partial charge in [-0.2, -0.15) is 0 Å². The van der Waals surface area contributed by atoms with Crippen molar-refractivity contribution in [1.82, 2.24) is 10.6 Å². The van der Waals surface area contributed by atoms with Crippen LogP contribution >= 0.6 is 0 Å². The van der Waals surface area contributed by atoms with Crippen molar-refractivity contribution in [3.63, 3.8) is 0 Å². The topological polar surface area (TPSA) is 33.3 Å². The second kappa shape index (κ2) is 7.34. The minimum Gasteiger partial charge on any atom is -0.379 e. The minimum absolute atomic E-state index is 0.570. The van der Waals surface area contributed by atoms with Crippen LogP contribution in [0.25, 0.3) is 0 Å². The van der Waals surface area contributed by atoms with Gasteiger partial charge in [-0.25, -0.2) is 0 Å². The molecular formula is C14H28N2O. The summed E-state index contributed by atoms with van der Waals surface area (Å²) in [5.41, 5.74) is 0. The number of hydrogen-bond donors (Lipinski definition) is 2. The molecule has 0 aromatic carbocycles. The molecule has 2 rings (SSSR count). The van der Waals surface area contributed by atoms with Crippen LogP contribution in [-0.2, 0) is 4.74 Å². The average Bonchev–Trinajstić information content (AvgIpc) is 2.56. The van der Waals surface area contributed by atoms with Crippen molar-refractivity contribution < 1.29 is 4.74 Å². The zero-order valence-corrected chi connectivity index (χ0v) is 11.2. The maximum Gasteiger partial charge on any atom is 0.0620 e. The Bertz CT molecular complexity index is 204. The van der Waals surface area contributed by atoms with Crippen molar-refractivity contribution >= 4 is 0 Å². The van der Waals surface area contributed by atoms with Crippen molar-refractivity contribution in [3.8, 4) is 0 Å². The second-order valence-corrected chi connectivity index (χ2v) is 5.78. The molecule has 1 aliphatic carbocycles. The fraction of sp³-hybridized carbons (Fsp3) is 1.00. The Morgan fingerprint density at radius 3 is 3.00 bits per heavy atom. The Morgan fingerprint density at radius 2 is 2.18 bits per heavy atom. The molecule has 2 aliphatic rings. The fourth-order valence-electron chi connectivity index (χ4n) is 2.96. The van der Waals surface area contributed by atoms with Crippen LogP contribution < -0.4 is 10.6 Å². The van der Waals surface area contributed by atoms with Crippen LogP contribution in [0.5, 0.6) is 0 Å². The summed E-state index contributed by atoms with van der Waals surface area (Å²) in [6.45, 7) is 6.32. The lowest BCUT2D eigenvalue weighted by molar-refractivity contribution is 0.0739. The Balaban J connectivity index is 1.57. The highest BCUT2D eigenvalue weighted by Crippen LogP contribution is 2.22. The van der Waals surface area contributed by atoms with E-state index in [2.05, 4.69) is 17.6 Å². The second-order valence-electron chi connectivity index (χ2n) is 5.78. The summed E-state index contributed by atoms with van der Waals surface area (Å²) in [6, 6.07) is 1.34. The summed E-state index contributed by atoms with van der Waals surface area (Å²) in [7, 11) is 0. The van der Waals surface area contributed by atoms with Crippen LogP contribution in [0, 0.1) is 5.92 Å². The molecule has 0 aromatic heterocycles. The third-order valence-electron chi connectivity index (χ3n) is 4.18. The lowest BCUT2D eigenvalue weighted by atomic mass is 10.0. The van der Waals surface area contributed by atoms with Gasteiger partial charge in [-0.15, -0.1) is 0 Å². The van der Waals surface area contributed by atoms with Gasteiger partial charge in [0.1, 0.15) is 0 Å². The Morgan fingerprint density at radius 1 is 1.24 bits per heavy atom. The van der Waals surface area contributed by atoms with Crippen molar-refractivity contribution in [2.45, 2.75) is 57.5 Å². The molecule has 0 aromatic rings. The van der Waals surface area contributed by atoms with Gasteiger partial charge in [-0.3, -0.25) is 0 Å². The molecule has 0 radical (unpaired) electrons. The van der Waals surface area contributed by atoms with E-state index in [0.717, 1.165) is 38.3 Å². The zero-order valence-electron chi connectivity index (χ0n) is 11.2. The number of nitrogens with one attached hydrogen (secondary N) is 2. The maximum absolute atomic E-state index is 5.47. The molecular weight excluding hydrogens is 212 g/mol. The van der Waals surface area contributed by atoms with Crippen LogP contribution in [0.4, 0.5) is 0 Å². The predicted molar refractivity (Wildman–Crippen MR) is 71.3 cm³/mol. The summed E-state index contributed by atoms with van der Waals surface area (Å²) in [4.78, 5) is 0. The fourth-order valence-corrected chi connectivity index (χ4v) is 2.96. The number of morpholine rings is 1. The normalized spacial score (nSPS) is 35.5. The first kappa shape index (κ1) is 13.3. The highest BCUT2D eigenvalue weighted by Gasteiger charge is 2.17. The molecule has 2 N–H and O–H groups in total. The Hall–Kier alpha value is -0.120. The first-order valence-electron chi connectivity index (χ1n) is 7.39. The van der Waals surface area contributed by atoms with Crippen LogP contribution in [0.1, 0.15) is 45.4 Å². The standard InChI is InChI=1S/C14H28N2O/c1-12-3-2-4-13(6-5-12)15-8-7-14-11-17-10-9-16-14/h12-16H,2-11H2,1H3. The van der Waals surface area contributed by atoms with Gasteiger partial charge in [0, 0.05) is 18.6 Å². The summed E-state index contributed by atoms with van der Waals surface area (Å²) < 4.78 is 5.47. The molecule has 3 nitrogen and oxygen atoms in total. The SMILES string of the molecule is CC1CCCC(NCCC2COCCN2)CC1. The predicted octanol–water partition coefficient (Wildman–Crippen LogP) is 1.92. The zero-order chi connectivity index (χ0) is 11.9. The quantitative estimate of drug-likeness (QED) is 0.737. The molecule has 1 aliphatic heterocycles. The van der Waals surface area contributed by atoms with Crippen LogP contribution in [0.2, 0.25) is 0 Å². The van der Waals surface area contributed by atoms with Crippen molar-refractivity contribution in [3.05, 3.63) is 0 Å². The van der Waals surface area contributed by atoms with Crippen molar-refractivity contribution in [1.29, 1.82) is 0 Å². The number of hydrogen-bond acceptors (Lipinski definition) is 3. The van der Waals surface area contributed by atoms with E-state index in [1.165, 1.54) is 38.5 Å². The van der Waals surface area contributed by atoms with Gasteiger partial charge in [-0.05, 0) is 38.1 Å². The molecule has 100 valence electrons. The molecule has 0 spiro atoms. The maximum atomic E-state index is 5.47. The third-order valence-corrected chi connectivity index (χ3v) is 4.18. The van der Waals surface area contributed by atoms with Gasteiger partial charge in [0.15, 0.2) is 0 Å². The number of rotatable bonds is 4. The van der Waals surface area contributed by atoms with E-state index in [0.29, 0.717) is 6.04 Å². The molecule has 3 heteroatoms. The molecule has 0 bridgehead atoms. The van der Waals surface area contributed by atoms with E-state index >= 15 is 0 Å². The lowest BCUT2D eigenvalue weighted by Gasteiger charge is -2.25. The van der Waals surface area contributed by atoms with Crippen molar-refractivity contribution in [2.75, 3.05) is 26.3 Å². The Kier molecular flexibility index (Phi) is 5.75. The van der Waals surface area contributed by atoms with Gasteiger partial charge in [0.25, 0.3) is 0 Å². The first-order valence-corrected chi connectivity index (χ1v) is 7.39. The van der Waals surface area contributed by atoms with Gasteiger partial charge >= 0.3 is 0 Å². The highest BCUT2D eigenvalue weighted by atomic mass is 16.5. The van der Waals surface area contributed by atoms with Gasteiger partial charge in [0.05, 0.1) is 13.2 Å². The minimum atomic E-state index is 0.570. The van der Waals surface area contributed by atoms with E-state index < -0.39 is 0 Å². The monoisotopic (exact) mass is 240 g/mol. The molecule has 1 saturated carbocycles. The van der Waals surface area contributed by atoms with E-state index in [-0.39, 0.29) is 0 Å². The lowest BCUT2D eigenvalue weighted by Crippen LogP contribution is -2.43. The van der Waals surface area contributed by atoms with Gasteiger partial charge in [0.2, 0.25) is 0 Å². The van der Waals surface area contributed by atoms with Crippen LogP contribution in [0.15, 0.2) is 0 Å². The Labute approximate surface area is 106 Å². The largest absolute Gasteiger partial charge is 0.379 e. The summed E-state index contributed by atoms with van der Waals surface area (Å²) in [5, 5.41) is 7.25. The molecule has 3 atom stereocenters.